The molecule has 0 aliphatic heterocycles. The Morgan fingerprint density at radius 3 is 1.24 bits per heavy atom. The van der Waals surface area contributed by atoms with Crippen molar-refractivity contribution in [2.75, 3.05) is 9.80 Å². The van der Waals surface area contributed by atoms with Crippen LogP contribution >= 0.6 is 0 Å². The molecule has 13 aromatic carbocycles. The molecule has 0 saturated carbocycles. The number of para-hydroxylation sites is 1. The number of anilines is 6. The molecule has 0 N–H and O–H groups in total. The maximum Gasteiger partial charge on any atom is 0.135 e. The standard InChI is InChI=1S/C73H50N2O/c1-73(2)67-25-13-11-21-61(67)62-41-39-56(46-68(62)73)75(70-44-52-16-4-6-18-58(52)60-20-8-10-23-64(60)70)54-37-33-50(34-38-54)48-29-27-47(28-30-48)49-31-35-53(36-32-49)74(55-40-42-72-66(45-55)65-24-12-14-26-71(65)76-72)69-43-51-15-3-5-17-57(51)59-19-7-9-22-63(59)69/h3-46H,1-2H3. The van der Waals surface area contributed by atoms with Crippen molar-refractivity contribution < 1.29 is 4.42 Å². The average molecular weight is 971 g/mol. The molecular weight excluding hydrogens is 921 g/mol. The number of hydrogen-bond donors (Lipinski definition) is 0. The molecule has 0 saturated heterocycles. The summed E-state index contributed by atoms with van der Waals surface area (Å²) in [5, 5.41) is 12.0. The number of nitrogens with zero attached hydrogens (tertiary/aromatic N) is 2. The largest absolute Gasteiger partial charge is 0.456 e. The highest BCUT2D eigenvalue weighted by Crippen LogP contribution is 2.52. The first-order valence-electron chi connectivity index (χ1n) is 26.3. The molecule has 0 radical (unpaired) electrons. The fraction of sp³-hybridized carbons (Fsp3) is 0.0411. The van der Waals surface area contributed by atoms with E-state index in [1.54, 1.807) is 0 Å². The monoisotopic (exact) mass is 970 g/mol. The minimum atomic E-state index is -0.128. The minimum absolute atomic E-state index is 0.128. The first-order chi connectivity index (χ1) is 37.4. The average Bonchev–Trinajstić information content (AvgIpc) is 4.03. The molecule has 0 amide bonds. The van der Waals surface area contributed by atoms with Crippen LogP contribution in [0, 0.1) is 0 Å². The number of fused-ring (bicyclic) bond motifs is 12. The van der Waals surface area contributed by atoms with Gasteiger partial charge in [-0.1, -0.05) is 208 Å². The first kappa shape index (κ1) is 43.8. The molecule has 0 spiro atoms. The van der Waals surface area contributed by atoms with E-state index in [9.17, 15) is 0 Å². The van der Waals surface area contributed by atoms with Gasteiger partial charge in [-0.2, -0.15) is 0 Å². The molecule has 1 aliphatic rings. The molecule has 0 atom stereocenters. The van der Waals surface area contributed by atoms with Crippen LogP contribution in [0.2, 0.25) is 0 Å². The molecule has 76 heavy (non-hydrogen) atoms. The Hall–Kier alpha value is -9.70. The van der Waals surface area contributed by atoms with Gasteiger partial charge >= 0.3 is 0 Å². The van der Waals surface area contributed by atoms with E-state index >= 15 is 0 Å². The third kappa shape index (κ3) is 6.97. The fourth-order valence-corrected chi connectivity index (χ4v) is 12.4. The Morgan fingerprint density at radius 1 is 0.276 bits per heavy atom. The van der Waals surface area contributed by atoms with Crippen molar-refractivity contribution in [3.05, 3.63) is 278 Å². The maximum absolute atomic E-state index is 6.31. The predicted molar refractivity (Wildman–Crippen MR) is 322 cm³/mol. The third-order valence-corrected chi connectivity index (χ3v) is 16.2. The van der Waals surface area contributed by atoms with Crippen LogP contribution in [0.25, 0.3) is 98.4 Å². The van der Waals surface area contributed by atoms with Gasteiger partial charge in [0.1, 0.15) is 11.2 Å². The third-order valence-electron chi connectivity index (χ3n) is 16.2. The number of furan rings is 1. The van der Waals surface area contributed by atoms with Crippen LogP contribution in [0.1, 0.15) is 25.0 Å². The second-order valence-corrected chi connectivity index (χ2v) is 20.8. The fourth-order valence-electron chi connectivity index (χ4n) is 12.4. The van der Waals surface area contributed by atoms with Gasteiger partial charge < -0.3 is 14.2 Å². The van der Waals surface area contributed by atoms with Gasteiger partial charge in [0.05, 0.1) is 11.4 Å². The Bertz CT molecular complexity index is 4600. The van der Waals surface area contributed by atoms with Crippen LogP contribution in [0.5, 0.6) is 0 Å². The Kier molecular flexibility index (Phi) is 9.92. The molecule has 0 bridgehead atoms. The lowest BCUT2D eigenvalue weighted by atomic mass is 9.82. The second-order valence-electron chi connectivity index (χ2n) is 20.8. The van der Waals surface area contributed by atoms with Crippen molar-refractivity contribution in [3.8, 4) is 33.4 Å². The van der Waals surface area contributed by atoms with E-state index in [0.29, 0.717) is 0 Å². The first-order valence-corrected chi connectivity index (χ1v) is 26.3. The van der Waals surface area contributed by atoms with Gasteiger partial charge in [-0.15, -0.1) is 0 Å². The molecule has 0 unspecified atom stereocenters. The number of hydrogen-bond acceptors (Lipinski definition) is 3. The molecule has 358 valence electrons. The zero-order chi connectivity index (χ0) is 50.5. The summed E-state index contributed by atoms with van der Waals surface area (Å²) in [5.41, 5.74) is 18.4. The highest BCUT2D eigenvalue weighted by atomic mass is 16.3. The summed E-state index contributed by atoms with van der Waals surface area (Å²) in [6.07, 6.45) is 0. The summed E-state index contributed by atoms with van der Waals surface area (Å²) >= 11 is 0. The zero-order valence-electron chi connectivity index (χ0n) is 42.2. The van der Waals surface area contributed by atoms with E-state index in [-0.39, 0.29) is 5.41 Å². The Labute approximate surface area is 441 Å². The van der Waals surface area contributed by atoms with Gasteiger partial charge in [-0.25, -0.2) is 0 Å². The van der Waals surface area contributed by atoms with Crippen molar-refractivity contribution in [2.45, 2.75) is 19.3 Å². The van der Waals surface area contributed by atoms with E-state index in [4.69, 9.17) is 4.42 Å². The van der Waals surface area contributed by atoms with Gasteiger partial charge in [0.25, 0.3) is 0 Å². The van der Waals surface area contributed by atoms with Gasteiger partial charge in [0.15, 0.2) is 0 Å². The molecular formula is C73H50N2O. The maximum atomic E-state index is 6.31. The van der Waals surface area contributed by atoms with Crippen LogP contribution < -0.4 is 9.80 Å². The normalized spacial score (nSPS) is 12.7. The minimum Gasteiger partial charge on any atom is -0.456 e. The van der Waals surface area contributed by atoms with Crippen molar-refractivity contribution in [2.24, 2.45) is 0 Å². The van der Waals surface area contributed by atoms with Crippen LogP contribution in [-0.4, -0.2) is 0 Å². The highest BCUT2D eigenvalue weighted by molar-refractivity contribution is 6.16. The molecule has 1 aromatic heterocycles. The van der Waals surface area contributed by atoms with Crippen molar-refractivity contribution in [1.82, 2.24) is 0 Å². The summed E-state index contributed by atoms with van der Waals surface area (Å²) in [7, 11) is 0. The quantitative estimate of drug-likeness (QED) is 0.142. The molecule has 15 rings (SSSR count). The van der Waals surface area contributed by atoms with Crippen LogP contribution in [0.3, 0.4) is 0 Å². The highest BCUT2D eigenvalue weighted by Gasteiger charge is 2.36. The van der Waals surface area contributed by atoms with Crippen LogP contribution in [0.15, 0.2) is 271 Å². The summed E-state index contributed by atoms with van der Waals surface area (Å²) in [5.74, 6) is 0. The SMILES string of the molecule is CC1(C)c2ccccc2-c2ccc(N(c3ccc(-c4ccc(-c5ccc(N(c6ccc7oc8ccccc8c7c6)c6cc7ccccc7c7ccccc67)cc5)cc4)cc3)c3cc4ccccc4c4ccccc34)cc21. The van der Waals surface area contributed by atoms with E-state index in [1.165, 1.54) is 76.5 Å². The summed E-state index contributed by atoms with van der Waals surface area (Å²) in [4.78, 5) is 4.87. The van der Waals surface area contributed by atoms with Crippen molar-refractivity contribution >= 4 is 99.2 Å². The van der Waals surface area contributed by atoms with E-state index < -0.39 is 0 Å². The van der Waals surface area contributed by atoms with Crippen LogP contribution in [0.4, 0.5) is 34.1 Å². The topological polar surface area (TPSA) is 19.6 Å². The van der Waals surface area contributed by atoms with Gasteiger partial charge in [0.2, 0.25) is 0 Å². The van der Waals surface area contributed by atoms with Gasteiger partial charge in [-0.3, -0.25) is 0 Å². The van der Waals surface area contributed by atoms with Crippen molar-refractivity contribution in [1.29, 1.82) is 0 Å². The smallest absolute Gasteiger partial charge is 0.135 e. The van der Waals surface area contributed by atoms with Gasteiger partial charge in [0, 0.05) is 49.7 Å². The lowest BCUT2D eigenvalue weighted by Gasteiger charge is -2.29. The molecule has 14 aromatic rings. The summed E-state index contributed by atoms with van der Waals surface area (Å²) < 4.78 is 6.31. The lowest BCUT2D eigenvalue weighted by molar-refractivity contribution is 0.660. The molecule has 1 heterocycles. The van der Waals surface area contributed by atoms with E-state index in [2.05, 4.69) is 278 Å². The summed E-state index contributed by atoms with van der Waals surface area (Å²) in [6.45, 7) is 4.72. The number of benzene rings is 13. The lowest BCUT2D eigenvalue weighted by Crippen LogP contribution is -2.16. The van der Waals surface area contributed by atoms with E-state index in [0.717, 1.165) is 67.2 Å². The zero-order valence-corrected chi connectivity index (χ0v) is 42.2. The van der Waals surface area contributed by atoms with E-state index in [1.807, 2.05) is 12.1 Å². The van der Waals surface area contributed by atoms with Gasteiger partial charge in [-0.05, 0) is 150 Å². The number of rotatable bonds is 8. The molecule has 1 aliphatic carbocycles. The van der Waals surface area contributed by atoms with Crippen LogP contribution in [-0.2, 0) is 5.41 Å². The second kappa shape index (κ2) is 17.2. The molecule has 3 nitrogen and oxygen atoms in total. The molecule has 0 fully saturated rings. The molecule has 3 heteroatoms. The Balaban J connectivity index is 0.785. The Morgan fingerprint density at radius 2 is 0.671 bits per heavy atom. The van der Waals surface area contributed by atoms with Crippen molar-refractivity contribution in [3.63, 3.8) is 0 Å². The predicted octanol–water partition coefficient (Wildman–Crippen LogP) is 20.8. The summed E-state index contributed by atoms with van der Waals surface area (Å²) in [6, 6.07) is 97.8.